The van der Waals surface area contributed by atoms with E-state index in [2.05, 4.69) is 4.72 Å². The first kappa shape index (κ1) is 14.9. The number of ether oxygens (including phenoxy) is 1. The molecule has 0 amide bonds. The molecular formula is C12H20N2O3S. The minimum absolute atomic E-state index is 0.251. The van der Waals surface area contributed by atoms with Crippen molar-refractivity contribution in [3.8, 4) is 0 Å². The van der Waals surface area contributed by atoms with E-state index in [1.54, 1.807) is 26.2 Å². The maximum Gasteiger partial charge on any atom is 0.240 e. The monoisotopic (exact) mass is 272 g/mol. The molecule has 3 N–H and O–H groups in total. The molecule has 0 atom stereocenters. The summed E-state index contributed by atoms with van der Waals surface area (Å²) in [4.78, 5) is 0.251. The fourth-order valence-electron chi connectivity index (χ4n) is 1.48. The highest BCUT2D eigenvalue weighted by Gasteiger charge is 2.13. The molecule has 0 saturated carbocycles. The quantitative estimate of drug-likeness (QED) is 0.579. The van der Waals surface area contributed by atoms with Crippen molar-refractivity contribution < 1.29 is 13.2 Å². The Labute approximate surface area is 108 Å². The van der Waals surface area contributed by atoms with Crippen molar-refractivity contribution in [3.05, 3.63) is 23.8 Å². The first-order chi connectivity index (χ1) is 8.47. The molecule has 0 bridgehead atoms. The predicted octanol–water partition coefficient (Wildman–Crippen LogP) is 1.28. The van der Waals surface area contributed by atoms with E-state index in [9.17, 15) is 8.42 Å². The molecular weight excluding hydrogens is 252 g/mol. The standard InChI is InChI=1S/C12H20N2O3S/c1-10-9-11(5-6-12(10)13)18(15,16)14-7-3-4-8-17-2/h5-6,9,14H,3-4,7-8,13H2,1-2H3. The van der Waals surface area contributed by atoms with Crippen LogP contribution in [0, 0.1) is 6.92 Å². The van der Waals surface area contributed by atoms with Gasteiger partial charge in [0.1, 0.15) is 0 Å². The number of benzene rings is 1. The second-order valence-corrected chi connectivity index (χ2v) is 5.88. The van der Waals surface area contributed by atoms with E-state index in [0.717, 1.165) is 18.4 Å². The number of sulfonamides is 1. The van der Waals surface area contributed by atoms with Gasteiger partial charge in [0.25, 0.3) is 0 Å². The lowest BCUT2D eigenvalue weighted by Gasteiger charge is -2.08. The lowest BCUT2D eigenvalue weighted by molar-refractivity contribution is 0.193. The van der Waals surface area contributed by atoms with Gasteiger partial charge in [-0.2, -0.15) is 0 Å². The molecule has 5 nitrogen and oxygen atoms in total. The Morgan fingerprint density at radius 2 is 2.06 bits per heavy atom. The van der Waals surface area contributed by atoms with Gasteiger partial charge in [0, 0.05) is 25.9 Å². The Morgan fingerprint density at radius 1 is 1.33 bits per heavy atom. The van der Waals surface area contributed by atoms with Crippen molar-refractivity contribution in [1.82, 2.24) is 4.72 Å². The Bertz CT molecular complexity index is 486. The molecule has 0 radical (unpaired) electrons. The third-order valence-corrected chi connectivity index (χ3v) is 4.08. The third-order valence-electron chi connectivity index (χ3n) is 2.62. The highest BCUT2D eigenvalue weighted by molar-refractivity contribution is 7.89. The van der Waals surface area contributed by atoms with Crippen LogP contribution >= 0.6 is 0 Å². The summed E-state index contributed by atoms with van der Waals surface area (Å²) in [5.74, 6) is 0. The molecule has 18 heavy (non-hydrogen) atoms. The van der Waals surface area contributed by atoms with E-state index in [-0.39, 0.29) is 4.90 Å². The van der Waals surface area contributed by atoms with E-state index in [4.69, 9.17) is 10.5 Å². The summed E-state index contributed by atoms with van der Waals surface area (Å²) >= 11 is 0. The van der Waals surface area contributed by atoms with Gasteiger partial charge < -0.3 is 10.5 Å². The number of unbranched alkanes of at least 4 members (excludes halogenated alkanes) is 1. The van der Waals surface area contributed by atoms with Crippen LogP contribution in [0.3, 0.4) is 0 Å². The molecule has 0 aliphatic carbocycles. The highest BCUT2D eigenvalue weighted by atomic mass is 32.2. The van der Waals surface area contributed by atoms with Crippen LogP contribution in [0.25, 0.3) is 0 Å². The van der Waals surface area contributed by atoms with E-state index >= 15 is 0 Å². The second-order valence-electron chi connectivity index (χ2n) is 4.12. The summed E-state index contributed by atoms with van der Waals surface area (Å²) in [7, 11) is -1.81. The molecule has 0 aliphatic rings. The van der Waals surface area contributed by atoms with Gasteiger partial charge in [-0.05, 0) is 43.5 Å². The van der Waals surface area contributed by atoms with Crippen molar-refractivity contribution in [2.45, 2.75) is 24.7 Å². The Morgan fingerprint density at radius 3 is 2.67 bits per heavy atom. The number of hydrogen-bond acceptors (Lipinski definition) is 4. The van der Waals surface area contributed by atoms with Gasteiger partial charge in [-0.3, -0.25) is 0 Å². The number of nitrogens with two attached hydrogens (primary N) is 1. The normalized spacial score (nSPS) is 11.7. The molecule has 1 aromatic carbocycles. The van der Waals surface area contributed by atoms with Gasteiger partial charge in [-0.25, -0.2) is 13.1 Å². The molecule has 0 aromatic heterocycles. The summed E-state index contributed by atoms with van der Waals surface area (Å²) in [6.07, 6.45) is 1.58. The topological polar surface area (TPSA) is 81.4 Å². The smallest absolute Gasteiger partial charge is 0.240 e. The SMILES string of the molecule is COCCCCNS(=O)(=O)c1ccc(N)c(C)c1. The number of nitrogen functional groups attached to an aromatic ring is 1. The van der Waals surface area contributed by atoms with E-state index in [0.29, 0.717) is 18.8 Å². The number of anilines is 1. The van der Waals surface area contributed by atoms with E-state index < -0.39 is 10.0 Å². The molecule has 1 rings (SSSR count). The van der Waals surface area contributed by atoms with Crippen molar-refractivity contribution in [3.63, 3.8) is 0 Å². The van der Waals surface area contributed by atoms with Crippen LogP contribution in [0.15, 0.2) is 23.1 Å². The molecule has 0 fully saturated rings. The zero-order valence-electron chi connectivity index (χ0n) is 10.8. The maximum absolute atomic E-state index is 11.9. The van der Waals surface area contributed by atoms with Crippen molar-refractivity contribution in [2.75, 3.05) is 26.0 Å². The summed E-state index contributed by atoms with van der Waals surface area (Å²) in [5.41, 5.74) is 7.01. The largest absolute Gasteiger partial charge is 0.399 e. The van der Waals surface area contributed by atoms with Gasteiger partial charge in [0.05, 0.1) is 4.90 Å². The Balaban J connectivity index is 2.60. The van der Waals surface area contributed by atoms with Gasteiger partial charge in [-0.15, -0.1) is 0 Å². The van der Waals surface area contributed by atoms with Gasteiger partial charge >= 0.3 is 0 Å². The average molecular weight is 272 g/mol. The zero-order valence-corrected chi connectivity index (χ0v) is 11.6. The lowest BCUT2D eigenvalue weighted by Crippen LogP contribution is -2.25. The van der Waals surface area contributed by atoms with Crippen LogP contribution in [0.4, 0.5) is 5.69 Å². The molecule has 0 aliphatic heterocycles. The summed E-state index contributed by atoms with van der Waals surface area (Å²) < 4.78 is 31.3. The van der Waals surface area contributed by atoms with Crippen molar-refractivity contribution in [2.24, 2.45) is 0 Å². The van der Waals surface area contributed by atoms with Gasteiger partial charge in [0.15, 0.2) is 0 Å². The fourth-order valence-corrected chi connectivity index (χ4v) is 2.64. The minimum Gasteiger partial charge on any atom is -0.399 e. The molecule has 0 heterocycles. The molecule has 0 unspecified atom stereocenters. The molecule has 102 valence electrons. The van der Waals surface area contributed by atoms with Crippen LogP contribution in [0.5, 0.6) is 0 Å². The molecule has 6 heteroatoms. The molecule has 0 spiro atoms. The van der Waals surface area contributed by atoms with Crippen molar-refractivity contribution in [1.29, 1.82) is 0 Å². The summed E-state index contributed by atoms with van der Waals surface area (Å²) in [5, 5.41) is 0. The van der Waals surface area contributed by atoms with Crippen molar-refractivity contribution >= 4 is 15.7 Å². The van der Waals surface area contributed by atoms with E-state index in [1.165, 1.54) is 6.07 Å². The molecule has 0 saturated heterocycles. The third kappa shape index (κ3) is 4.29. The van der Waals surface area contributed by atoms with Crippen LogP contribution in [-0.2, 0) is 14.8 Å². The molecule has 1 aromatic rings. The van der Waals surface area contributed by atoms with Gasteiger partial charge in [-0.1, -0.05) is 0 Å². The fraction of sp³-hybridized carbons (Fsp3) is 0.500. The van der Waals surface area contributed by atoms with Crippen LogP contribution < -0.4 is 10.5 Å². The average Bonchev–Trinajstić information content (AvgIpc) is 2.32. The zero-order chi connectivity index (χ0) is 13.6. The number of aryl methyl sites for hydroxylation is 1. The number of nitrogens with one attached hydrogen (secondary N) is 1. The van der Waals surface area contributed by atoms with Crippen LogP contribution in [-0.4, -0.2) is 28.7 Å². The first-order valence-corrected chi connectivity index (χ1v) is 7.30. The maximum atomic E-state index is 11.9. The summed E-state index contributed by atoms with van der Waals surface area (Å²) in [6, 6.07) is 4.70. The Hall–Kier alpha value is -1.11. The Kier molecular flexibility index (Phi) is 5.58. The first-order valence-electron chi connectivity index (χ1n) is 5.82. The minimum atomic E-state index is -3.43. The predicted molar refractivity (Wildman–Crippen MR) is 71.9 cm³/mol. The number of hydrogen-bond donors (Lipinski definition) is 2. The summed E-state index contributed by atoms with van der Waals surface area (Å²) in [6.45, 7) is 2.84. The lowest BCUT2D eigenvalue weighted by atomic mass is 10.2. The van der Waals surface area contributed by atoms with Crippen LogP contribution in [0.2, 0.25) is 0 Å². The number of rotatable bonds is 7. The van der Waals surface area contributed by atoms with Gasteiger partial charge in [0.2, 0.25) is 10.0 Å². The second kappa shape index (κ2) is 6.72. The van der Waals surface area contributed by atoms with Crippen LogP contribution in [0.1, 0.15) is 18.4 Å². The highest BCUT2D eigenvalue weighted by Crippen LogP contribution is 2.16. The van der Waals surface area contributed by atoms with E-state index in [1.807, 2.05) is 0 Å². The number of methoxy groups -OCH3 is 1.